The highest BCUT2D eigenvalue weighted by Crippen LogP contribution is 2.25. The number of fused-ring (bicyclic) bond motifs is 2. The van der Waals surface area contributed by atoms with Gasteiger partial charge in [-0.3, -0.25) is 4.79 Å². The minimum atomic E-state index is -0.0777. The molecule has 0 aliphatic carbocycles. The van der Waals surface area contributed by atoms with Crippen LogP contribution in [0.5, 0.6) is 0 Å². The van der Waals surface area contributed by atoms with Gasteiger partial charge < -0.3 is 20.0 Å². The number of amides is 1. The van der Waals surface area contributed by atoms with Crippen LogP contribution in [0.3, 0.4) is 0 Å². The predicted molar refractivity (Wildman–Crippen MR) is 118 cm³/mol. The van der Waals surface area contributed by atoms with Gasteiger partial charge in [0.2, 0.25) is 5.91 Å². The first kappa shape index (κ1) is 20.9. The number of nitrogens with zero attached hydrogens (tertiary/aromatic N) is 2. The Morgan fingerprint density at radius 1 is 1.31 bits per heavy atom. The fraction of sp³-hybridized carbons (Fsp3) is 0.273. The summed E-state index contributed by atoms with van der Waals surface area (Å²) < 4.78 is 5.91. The SMILES string of the molecule is Cc1c(CN(C)C(=O)C=Cc2cnc3c(c2)CNCCN3)oc2ccccc12.Cl. The minimum absolute atomic E-state index is 0. The summed E-state index contributed by atoms with van der Waals surface area (Å²) in [5, 5.41) is 7.73. The Bertz CT molecular complexity index is 1040. The van der Waals surface area contributed by atoms with Crippen LogP contribution in [0.1, 0.15) is 22.5 Å². The topological polar surface area (TPSA) is 70.4 Å². The van der Waals surface area contributed by atoms with Gasteiger partial charge in [0, 0.05) is 55.5 Å². The third-order valence-electron chi connectivity index (χ3n) is 5.02. The highest BCUT2D eigenvalue weighted by atomic mass is 35.5. The third kappa shape index (κ3) is 4.60. The number of nitrogens with one attached hydrogen (secondary N) is 2. The zero-order valence-electron chi connectivity index (χ0n) is 16.6. The molecular weight excluding hydrogens is 388 g/mol. The lowest BCUT2D eigenvalue weighted by Crippen LogP contribution is -2.24. The van der Waals surface area contributed by atoms with Gasteiger partial charge in [0.15, 0.2) is 0 Å². The van der Waals surface area contributed by atoms with Crippen molar-refractivity contribution in [3.8, 4) is 0 Å². The van der Waals surface area contributed by atoms with Gasteiger partial charge in [0.05, 0.1) is 6.54 Å². The lowest BCUT2D eigenvalue weighted by Gasteiger charge is -2.14. The van der Waals surface area contributed by atoms with E-state index in [2.05, 4.69) is 21.7 Å². The van der Waals surface area contributed by atoms with E-state index in [9.17, 15) is 4.79 Å². The fourth-order valence-corrected chi connectivity index (χ4v) is 3.37. The van der Waals surface area contributed by atoms with Crippen LogP contribution in [0.4, 0.5) is 5.82 Å². The number of aryl methyl sites for hydroxylation is 1. The molecular formula is C22H25ClN4O2. The van der Waals surface area contributed by atoms with Crippen LogP contribution in [0.25, 0.3) is 17.0 Å². The van der Waals surface area contributed by atoms with Crippen molar-refractivity contribution in [1.82, 2.24) is 15.2 Å². The van der Waals surface area contributed by atoms with Crippen molar-refractivity contribution in [2.45, 2.75) is 20.0 Å². The molecule has 1 amide bonds. The van der Waals surface area contributed by atoms with E-state index in [0.717, 1.165) is 58.9 Å². The largest absolute Gasteiger partial charge is 0.459 e. The zero-order chi connectivity index (χ0) is 19.5. The standard InChI is InChI=1S/C22H24N4O2.ClH/c1-15-18-5-3-4-6-19(18)28-20(15)14-26(2)21(27)8-7-16-11-17-13-23-9-10-24-22(17)25-12-16;/h3-8,11-12,23H,9-10,13-14H2,1-2H3,(H,24,25);1H. The number of anilines is 1. The second kappa shape index (κ2) is 9.11. The summed E-state index contributed by atoms with van der Waals surface area (Å²) in [7, 11) is 1.78. The molecule has 0 bridgehead atoms. The summed E-state index contributed by atoms with van der Waals surface area (Å²) in [4.78, 5) is 18.7. The quantitative estimate of drug-likeness (QED) is 0.639. The number of hydrogen-bond donors (Lipinski definition) is 2. The molecule has 1 aromatic carbocycles. The highest BCUT2D eigenvalue weighted by molar-refractivity contribution is 5.91. The van der Waals surface area contributed by atoms with E-state index in [-0.39, 0.29) is 18.3 Å². The monoisotopic (exact) mass is 412 g/mol. The number of halogens is 1. The van der Waals surface area contributed by atoms with Crippen LogP contribution in [0, 0.1) is 6.92 Å². The summed E-state index contributed by atoms with van der Waals surface area (Å²) in [5.74, 6) is 1.64. The van der Waals surface area contributed by atoms with Gasteiger partial charge in [-0.15, -0.1) is 12.4 Å². The number of carbonyl (C=O) groups excluding carboxylic acids is 1. The molecule has 2 N–H and O–H groups in total. The van der Waals surface area contributed by atoms with Gasteiger partial charge in [-0.2, -0.15) is 0 Å². The first-order valence-corrected chi connectivity index (χ1v) is 9.45. The number of carbonyl (C=O) groups is 1. The molecule has 1 aliphatic heterocycles. The molecule has 0 fully saturated rings. The van der Waals surface area contributed by atoms with E-state index >= 15 is 0 Å². The molecule has 0 spiro atoms. The Morgan fingerprint density at radius 3 is 2.97 bits per heavy atom. The lowest BCUT2D eigenvalue weighted by molar-refractivity contribution is -0.125. The van der Waals surface area contributed by atoms with Crippen molar-refractivity contribution in [3.05, 3.63) is 65.1 Å². The van der Waals surface area contributed by atoms with Crippen LogP contribution < -0.4 is 10.6 Å². The smallest absolute Gasteiger partial charge is 0.246 e. The molecule has 7 heteroatoms. The molecule has 29 heavy (non-hydrogen) atoms. The zero-order valence-corrected chi connectivity index (χ0v) is 17.4. The molecule has 2 aromatic heterocycles. The highest BCUT2D eigenvalue weighted by Gasteiger charge is 2.14. The van der Waals surface area contributed by atoms with E-state index in [1.54, 1.807) is 24.2 Å². The maximum Gasteiger partial charge on any atom is 0.246 e. The Labute approximate surface area is 176 Å². The summed E-state index contributed by atoms with van der Waals surface area (Å²) in [6.07, 6.45) is 5.17. The van der Waals surface area contributed by atoms with Gasteiger partial charge >= 0.3 is 0 Å². The van der Waals surface area contributed by atoms with Crippen molar-refractivity contribution in [1.29, 1.82) is 0 Å². The van der Waals surface area contributed by atoms with E-state index < -0.39 is 0 Å². The molecule has 0 saturated heterocycles. The predicted octanol–water partition coefficient (Wildman–Crippen LogP) is 3.74. The van der Waals surface area contributed by atoms with Crippen molar-refractivity contribution in [3.63, 3.8) is 0 Å². The first-order chi connectivity index (χ1) is 13.6. The van der Waals surface area contributed by atoms with Crippen molar-refractivity contribution >= 4 is 41.2 Å². The average Bonchev–Trinajstić information content (AvgIpc) is 2.88. The number of rotatable bonds is 4. The minimum Gasteiger partial charge on any atom is -0.459 e. The first-order valence-electron chi connectivity index (χ1n) is 9.45. The molecule has 0 saturated carbocycles. The van der Waals surface area contributed by atoms with E-state index in [1.807, 2.05) is 37.3 Å². The number of furan rings is 1. The van der Waals surface area contributed by atoms with E-state index in [0.29, 0.717) is 6.54 Å². The molecule has 6 nitrogen and oxygen atoms in total. The van der Waals surface area contributed by atoms with Gasteiger partial charge in [0.25, 0.3) is 0 Å². The second-order valence-electron chi connectivity index (χ2n) is 7.05. The molecule has 1 aliphatic rings. The fourth-order valence-electron chi connectivity index (χ4n) is 3.37. The van der Waals surface area contributed by atoms with Gasteiger partial charge in [-0.1, -0.05) is 18.2 Å². The maximum atomic E-state index is 12.5. The molecule has 4 rings (SSSR count). The van der Waals surface area contributed by atoms with E-state index in [4.69, 9.17) is 4.42 Å². The Kier molecular flexibility index (Phi) is 6.56. The average molecular weight is 413 g/mol. The number of aromatic nitrogens is 1. The van der Waals surface area contributed by atoms with Gasteiger partial charge in [-0.05, 0) is 30.7 Å². The van der Waals surface area contributed by atoms with Crippen molar-refractivity contribution < 1.29 is 9.21 Å². The van der Waals surface area contributed by atoms with E-state index in [1.165, 1.54) is 0 Å². The lowest BCUT2D eigenvalue weighted by atomic mass is 10.1. The number of hydrogen-bond acceptors (Lipinski definition) is 5. The molecule has 0 atom stereocenters. The van der Waals surface area contributed by atoms with Crippen LogP contribution in [-0.2, 0) is 17.9 Å². The van der Waals surface area contributed by atoms with Crippen LogP contribution in [0.2, 0.25) is 0 Å². The molecule has 0 radical (unpaired) electrons. The van der Waals surface area contributed by atoms with Crippen molar-refractivity contribution in [2.24, 2.45) is 0 Å². The number of benzene rings is 1. The normalized spacial score (nSPS) is 13.4. The van der Waals surface area contributed by atoms with Crippen molar-refractivity contribution in [2.75, 3.05) is 25.5 Å². The summed E-state index contributed by atoms with van der Waals surface area (Å²) in [5.41, 5.74) is 3.95. The Morgan fingerprint density at radius 2 is 2.14 bits per heavy atom. The second-order valence-corrected chi connectivity index (χ2v) is 7.05. The molecule has 152 valence electrons. The number of pyridine rings is 1. The van der Waals surface area contributed by atoms with Crippen LogP contribution in [-0.4, -0.2) is 35.9 Å². The Balaban J connectivity index is 0.00000240. The Hall–Kier alpha value is -2.83. The van der Waals surface area contributed by atoms with Crippen LogP contribution >= 0.6 is 12.4 Å². The van der Waals surface area contributed by atoms with Gasteiger partial charge in [0.1, 0.15) is 17.2 Å². The summed E-state index contributed by atoms with van der Waals surface area (Å²) in [6, 6.07) is 9.98. The summed E-state index contributed by atoms with van der Waals surface area (Å²) >= 11 is 0. The summed E-state index contributed by atoms with van der Waals surface area (Å²) in [6.45, 7) is 5.00. The number of para-hydroxylation sites is 1. The number of likely N-dealkylation sites (N-methyl/N-ethyl adjacent to an activating group) is 1. The molecule has 0 unspecified atom stereocenters. The van der Waals surface area contributed by atoms with Gasteiger partial charge in [-0.25, -0.2) is 4.98 Å². The van der Waals surface area contributed by atoms with Crippen LogP contribution in [0.15, 0.2) is 47.0 Å². The molecule has 3 aromatic rings. The third-order valence-corrected chi connectivity index (χ3v) is 5.02. The molecule has 3 heterocycles. The maximum absolute atomic E-state index is 12.5.